The highest BCUT2D eigenvalue weighted by Crippen LogP contribution is 2.38. The van der Waals surface area contributed by atoms with Crippen LogP contribution in [0.2, 0.25) is 0 Å². The van der Waals surface area contributed by atoms with Crippen LogP contribution in [-0.4, -0.2) is 29.5 Å². The van der Waals surface area contributed by atoms with E-state index in [1.807, 2.05) is 6.07 Å². The van der Waals surface area contributed by atoms with Gasteiger partial charge in [-0.05, 0) is 24.6 Å². The van der Waals surface area contributed by atoms with Crippen molar-refractivity contribution in [1.82, 2.24) is 9.88 Å². The number of aromatic nitrogens is 1. The van der Waals surface area contributed by atoms with Crippen LogP contribution in [0.3, 0.4) is 0 Å². The molecular formula is C18H18N2. The highest BCUT2D eigenvalue weighted by Gasteiger charge is 2.39. The highest BCUT2D eigenvalue weighted by molar-refractivity contribution is 5.59. The van der Waals surface area contributed by atoms with Crippen molar-refractivity contribution >= 4 is 0 Å². The molecule has 0 amide bonds. The third-order valence-electron chi connectivity index (χ3n) is 4.59. The molecule has 2 aliphatic rings. The average molecular weight is 262 g/mol. The van der Waals surface area contributed by atoms with Gasteiger partial charge in [-0.25, -0.2) is 0 Å². The van der Waals surface area contributed by atoms with E-state index in [0.717, 1.165) is 18.8 Å². The van der Waals surface area contributed by atoms with E-state index in [1.165, 1.54) is 24.1 Å². The van der Waals surface area contributed by atoms with E-state index in [9.17, 15) is 0 Å². The maximum Gasteiger partial charge on any atom is 0.0702 e. The first-order chi connectivity index (χ1) is 9.86. The zero-order chi connectivity index (χ0) is 13.4. The summed E-state index contributed by atoms with van der Waals surface area (Å²) in [6.07, 6.45) is 7.99. The van der Waals surface area contributed by atoms with Crippen molar-refractivity contribution in [3.05, 3.63) is 66.4 Å². The van der Waals surface area contributed by atoms with Gasteiger partial charge in [0.2, 0.25) is 0 Å². The van der Waals surface area contributed by atoms with Crippen LogP contribution in [0.5, 0.6) is 0 Å². The average Bonchev–Trinajstić information content (AvgIpc) is 2.84. The number of fused-ring (bicyclic) bond motifs is 2. The lowest BCUT2D eigenvalue weighted by Gasteiger charge is -2.29. The molecule has 2 aliphatic heterocycles. The maximum absolute atomic E-state index is 4.68. The normalized spacial score (nSPS) is 27.7. The molecule has 2 unspecified atom stereocenters. The highest BCUT2D eigenvalue weighted by atomic mass is 15.2. The fourth-order valence-corrected chi connectivity index (χ4v) is 3.43. The number of nitrogens with zero attached hydrogens (tertiary/aromatic N) is 2. The van der Waals surface area contributed by atoms with Gasteiger partial charge in [0.1, 0.15) is 0 Å². The van der Waals surface area contributed by atoms with E-state index < -0.39 is 0 Å². The van der Waals surface area contributed by atoms with Gasteiger partial charge in [0.05, 0.1) is 5.69 Å². The SMILES string of the molecule is C1=CC2(c3ccc(-c4ccccc4)nc3)CCN(C1)C2. The summed E-state index contributed by atoms with van der Waals surface area (Å²) in [7, 11) is 0. The molecule has 100 valence electrons. The van der Waals surface area contributed by atoms with Crippen molar-refractivity contribution in [3.63, 3.8) is 0 Å². The third kappa shape index (κ3) is 1.88. The zero-order valence-corrected chi connectivity index (χ0v) is 11.5. The molecule has 0 aliphatic carbocycles. The predicted molar refractivity (Wildman–Crippen MR) is 81.5 cm³/mol. The van der Waals surface area contributed by atoms with E-state index in [1.54, 1.807) is 0 Å². The Labute approximate surface area is 119 Å². The monoisotopic (exact) mass is 262 g/mol. The molecule has 20 heavy (non-hydrogen) atoms. The summed E-state index contributed by atoms with van der Waals surface area (Å²) in [6, 6.07) is 14.8. The van der Waals surface area contributed by atoms with Crippen molar-refractivity contribution in [2.75, 3.05) is 19.6 Å². The van der Waals surface area contributed by atoms with Crippen LogP contribution >= 0.6 is 0 Å². The minimum atomic E-state index is 0.209. The number of benzene rings is 1. The summed E-state index contributed by atoms with van der Waals surface area (Å²) >= 11 is 0. The first-order valence-electron chi connectivity index (χ1n) is 7.28. The van der Waals surface area contributed by atoms with Gasteiger partial charge in [0, 0.05) is 30.3 Å². The van der Waals surface area contributed by atoms with Crippen LogP contribution in [0.4, 0.5) is 0 Å². The Balaban J connectivity index is 1.68. The molecular weight excluding hydrogens is 244 g/mol. The molecule has 2 bridgehead atoms. The lowest BCUT2D eigenvalue weighted by Crippen LogP contribution is -2.33. The number of rotatable bonds is 2. The van der Waals surface area contributed by atoms with E-state index in [2.05, 4.69) is 64.6 Å². The van der Waals surface area contributed by atoms with Gasteiger partial charge in [-0.2, -0.15) is 0 Å². The zero-order valence-electron chi connectivity index (χ0n) is 11.5. The topological polar surface area (TPSA) is 16.1 Å². The van der Waals surface area contributed by atoms with Crippen LogP contribution < -0.4 is 0 Å². The quantitative estimate of drug-likeness (QED) is 0.772. The smallest absolute Gasteiger partial charge is 0.0702 e. The largest absolute Gasteiger partial charge is 0.298 e. The van der Waals surface area contributed by atoms with Gasteiger partial charge in [-0.1, -0.05) is 48.6 Å². The van der Waals surface area contributed by atoms with Crippen molar-refractivity contribution in [2.45, 2.75) is 11.8 Å². The molecule has 0 radical (unpaired) electrons. The number of hydrogen-bond acceptors (Lipinski definition) is 2. The Hall–Kier alpha value is -1.93. The Kier molecular flexibility index (Phi) is 2.71. The molecule has 3 heterocycles. The molecule has 2 nitrogen and oxygen atoms in total. The Morgan fingerprint density at radius 1 is 1.05 bits per heavy atom. The molecule has 2 aromatic rings. The van der Waals surface area contributed by atoms with Crippen LogP contribution in [0.25, 0.3) is 11.3 Å². The van der Waals surface area contributed by atoms with E-state index in [0.29, 0.717) is 0 Å². The molecule has 1 saturated heterocycles. The van der Waals surface area contributed by atoms with Gasteiger partial charge in [0.15, 0.2) is 0 Å². The molecule has 4 rings (SSSR count). The molecule has 0 N–H and O–H groups in total. The number of hydrogen-bond donors (Lipinski definition) is 0. The third-order valence-corrected chi connectivity index (χ3v) is 4.59. The van der Waals surface area contributed by atoms with E-state index in [-0.39, 0.29) is 5.41 Å². The second-order valence-electron chi connectivity index (χ2n) is 5.84. The first kappa shape index (κ1) is 11.9. The molecule has 1 aromatic carbocycles. The van der Waals surface area contributed by atoms with Gasteiger partial charge in [0.25, 0.3) is 0 Å². The van der Waals surface area contributed by atoms with Gasteiger partial charge >= 0.3 is 0 Å². The van der Waals surface area contributed by atoms with Gasteiger partial charge < -0.3 is 0 Å². The van der Waals surface area contributed by atoms with Crippen molar-refractivity contribution in [3.8, 4) is 11.3 Å². The van der Waals surface area contributed by atoms with Crippen LogP contribution in [0.15, 0.2) is 60.8 Å². The minimum absolute atomic E-state index is 0.209. The summed E-state index contributed by atoms with van der Waals surface area (Å²) in [5.74, 6) is 0. The molecule has 2 heteroatoms. The molecule has 1 aromatic heterocycles. The lowest BCUT2D eigenvalue weighted by molar-refractivity contribution is 0.345. The second kappa shape index (κ2) is 4.57. The Morgan fingerprint density at radius 2 is 1.95 bits per heavy atom. The van der Waals surface area contributed by atoms with E-state index >= 15 is 0 Å². The van der Waals surface area contributed by atoms with Crippen molar-refractivity contribution < 1.29 is 0 Å². The van der Waals surface area contributed by atoms with Crippen LogP contribution in [-0.2, 0) is 5.41 Å². The Morgan fingerprint density at radius 3 is 2.75 bits per heavy atom. The Bertz CT molecular complexity index is 630. The minimum Gasteiger partial charge on any atom is -0.298 e. The summed E-state index contributed by atoms with van der Waals surface area (Å²) in [6.45, 7) is 3.46. The lowest BCUT2D eigenvalue weighted by atomic mass is 9.79. The number of pyridine rings is 1. The molecule has 2 atom stereocenters. The fraction of sp³-hybridized carbons (Fsp3) is 0.278. The summed E-state index contributed by atoms with van der Waals surface area (Å²) in [4.78, 5) is 7.20. The molecule has 0 saturated carbocycles. The summed E-state index contributed by atoms with van der Waals surface area (Å²) in [5.41, 5.74) is 3.81. The standard InChI is InChI=1S/C18H18N2/c1-2-5-15(6-3-1)17-8-7-16(13-19-17)18-9-4-11-20(14-18)12-10-18/h1-9,13H,10-12,14H2. The summed E-state index contributed by atoms with van der Waals surface area (Å²) < 4.78 is 0. The van der Waals surface area contributed by atoms with Crippen molar-refractivity contribution in [1.29, 1.82) is 0 Å². The van der Waals surface area contributed by atoms with Crippen LogP contribution in [0.1, 0.15) is 12.0 Å². The predicted octanol–water partition coefficient (Wildman–Crippen LogP) is 3.26. The van der Waals surface area contributed by atoms with Crippen LogP contribution in [0, 0.1) is 0 Å². The summed E-state index contributed by atoms with van der Waals surface area (Å²) in [5, 5.41) is 0. The van der Waals surface area contributed by atoms with Gasteiger partial charge in [-0.15, -0.1) is 0 Å². The van der Waals surface area contributed by atoms with E-state index in [4.69, 9.17) is 0 Å². The maximum atomic E-state index is 4.68. The molecule has 1 fully saturated rings. The second-order valence-corrected chi connectivity index (χ2v) is 5.84. The fourth-order valence-electron chi connectivity index (χ4n) is 3.43. The molecule has 0 spiro atoms. The first-order valence-corrected chi connectivity index (χ1v) is 7.28. The van der Waals surface area contributed by atoms with Crippen molar-refractivity contribution in [2.24, 2.45) is 0 Å². The van der Waals surface area contributed by atoms with Gasteiger partial charge in [-0.3, -0.25) is 9.88 Å².